The molecule has 162 valence electrons. The molecule has 30 heavy (non-hydrogen) atoms. The number of amides is 3. The predicted molar refractivity (Wildman–Crippen MR) is 118 cm³/mol. The number of benzene rings is 1. The maximum Gasteiger partial charge on any atom is 0.318 e. The number of urea groups is 1. The molecule has 1 aromatic carbocycles. The second kappa shape index (κ2) is 9.16. The molecule has 1 heterocycles. The van der Waals surface area contributed by atoms with E-state index in [1.54, 1.807) is 33.3 Å². The van der Waals surface area contributed by atoms with Crippen molar-refractivity contribution in [1.29, 1.82) is 0 Å². The van der Waals surface area contributed by atoms with Gasteiger partial charge in [-0.3, -0.25) is 4.79 Å². The first kappa shape index (κ1) is 22.3. The lowest BCUT2D eigenvalue weighted by atomic mass is 10.1. The number of nitrogens with zero attached hydrogens (tertiary/aromatic N) is 2. The topological polar surface area (TPSA) is 52.7 Å². The van der Waals surface area contributed by atoms with Crippen LogP contribution in [0.5, 0.6) is 0 Å². The molecular formula is C23H30FN3O2S. The summed E-state index contributed by atoms with van der Waals surface area (Å²) in [6, 6.07) is 10.2. The normalized spacial score (nSPS) is 13.8. The lowest BCUT2D eigenvalue weighted by molar-refractivity contribution is -0.133. The molecule has 1 aliphatic carbocycles. The Balaban J connectivity index is 1.75. The van der Waals surface area contributed by atoms with Crippen LogP contribution in [0.15, 0.2) is 36.4 Å². The summed E-state index contributed by atoms with van der Waals surface area (Å²) in [5, 5.41) is 2.97. The van der Waals surface area contributed by atoms with Gasteiger partial charge >= 0.3 is 6.03 Å². The van der Waals surface area contributed by atoms with Gasteiger partial charge in [0.05, 0.1) is 6.54 Å². The van der Waals surface area contributed by atoms with Crippen molar-refractivity contribution in [3.8, 4) is 0 Å². The van der Waals surface area contributed by atoms with Gasteiger partial charge in [0.15, 0.2) is 0 Å². The van der Waals surface area contributed by atoms with Crippen LogP contribution < -0.4 is 5.32 Å². The van der Waals surface area contributed by atoms with E-state index in [0.717, 1.165) is 23.3 Å². The Hall–Kier alpha value is -2.41. The number of nitrogens with one attached hydrogen (secondary N) is 1. The third-order valence-electron chi connectivity index (χ3n) is 4.82. The molecule has 0 bridgehead atoms. The number of carbonyl (C=O) groups excluding carboxylic acids is 2. The summed E-state index contributed by atoms with van der Waals surface area (Å²) in [5.74, 6) is -0.411. The van der Waals surface area contributed by atoms with E-state index in [1.807, 2.05) is 39.8 Å². The first-order chi connectivity index (χ1) is 14.1. The van der Waals surface area contributed by atoms with Crippen LogP contribution in [-0.4, -0.2) is 39.9 Å². The Labute approximate surface area is 181 Å². The Kier molecular flexibility index (Phi) is 6.81. The molecule has 2 aromatic rings. The summed E-state index contributed by atoms with van der Waals surface area (Å²) in [5.41, 5.74) is 0.491. The minimum absolute atomic E-state index is 0.0398. The molecule has 0 atom stereocenters. The van der Waals surface area contributed by atoms with Crippen molar-refractivity contribution in [2.24, 2.45) is 0 Å². The van der Waals surface area contributed by atoms with Crippen molar-refractivity contribution < 1.29 is 14.0 Å². The van der Waals surface area contributed by atoms with Crippen LogP contribution in [0.3, 0.4) is 0 Å². The van der Waals surface area contributed by atoms with Crippen LogP contribution in [0.4, 0.5) is 9.18 Å². The molecule has 3 rings (SSSR count). The SMILES string of the molecule is Cc1ccc(CN(Cc2ccc(F)cc2)C(=O)CN(C(=O)NC(C)(C)C)C2CC2)s1. The lowest BCUT2D eigenvalue weighted by Gasteiger charge is -2.30. The van der Waals surface area contributed by atoms with Crippen molar-refractivity contribution in [3.63, 3.8) is 0 Å². The van der Waals surface area contributed by atoms with Gasteiger partial charge in [-0.15, -0.1) is 11.3 Å². The quantitative estimate of drug-likeness (QED) is 0.691. The molecule has 0 spiro atoms. The van der Waals surface area contributed by atoms with Gasteiger partial charge in [-0.05, 0) is 70.4 Å². The second-order valence-electron chi connectivity index (χ2n) is 8.93. The Morgan fingerprint density at radius 3 is 2.30 bits per heavy atom. The first-order valence-corrected chi connectivity index (χ1v) is 11.1. The van der Waals surface area contributed by atoms with E-state index in [0.29, 0.717) is 13.1 Å². The molecule has 1 N–H and O–H groups in total. The molecule has 0 saturated heterocycles. The van der Waals surface area contributed by atoms with Crippen molar-refractivity contribution in [1.82, 2.24) is 15.1 Å². The van der Waals surface area contributed by atoms with Crippen LogP contribution in [0.2, 0.25) is 0 Å². The summed E-state index contributed by atoms with van der Waals surface area (Å²) in [7, 11) is 0. The molecule has 7 heteroatoms. The fourth-order valence-corrected chi connectivity index (χ4v) is 4.10. The van der Waals surface area contributed by atoms with Gasteiger partial charge in [0.1, 0.15) is 12.4 Å². The molecule has 5 nitrogen and oxygen atoms in total. The minimum atomic E-state index is -0.366. The number of carbonyl (C=O) groups is 2. The molecule has 0 radical (unpaired) electrons. The molecule has 1 saturated carbocycles. The molecule has 3 amide bonds. The summed E-state index contributed by atoms with van der Waals surface area (Å²) >= 11 is 1.65. The van der Waals surface area contributed by atoms with Crippen LogP contribution in [-0.2, 0) is 17.9 Å². The van der Waals surface area contributed by atoms with E-state index < -0.39 is 0 Å². The number of hydrogen-bond acceptors (Lipinski definition) is 3. The molecule has 0 unspecified atom stereocenters. The average molecular weight is 432 g/mol. The van der Waals surface area contributed by atoms with Crippen molar-refractivity contribution in [2.75, 3.05) is 6.54 Å². The van der Waals surface area contributed by atoms with Gasteiger partial charge in [0.25, 0.3) is 0 Å². The second-order valence-corrected chi connectivity index (χ2v) is 10.3. The smallest absolute Gasteiger partial charge is 0.318 e. The van der Waals surface area contributed by atoms with Crippen LogP contribution >= 0.6 is 11.3 Å². The summed E-state index contributed by atoms with van der Waals surface area (Å²) in [6.07, 6.45) is 1.85. The third kappa shape index (κ3) is 6.55. The van der Waals surface area contributed by atoms with Crippen LogP contribution in [0.25, 0.3) is 0 Å². The highest BCUT2D eigenvalue weighted by molar-refractivity contribution is 7.11. The van der Waals surface area contributed by atoms with E-state index in [-0.39, 0.29) is 35.9 Å². The fourth-order valence-electron chi connectivity index (χ4n) is 3.19. The zero-order valence-corrected chi connectivity index (χ0v) is 18.9. The van der Waals surface area contributed by atoms with Gasteiger partial charge in [-0.2, -0.15) is 0 Å². The average Bonchev–Trinajstić information content (AvgIpc) is 3.41. The molecule has 1 aromatic heterocycles. The van der Waals surface area contributed by atoms with Crippen molar-refractivity contribution in [3.05, 3.63) is 57.5 Å². The summed E-state index contributed by atoms with van der Waals surface area (Å²) in [6.45, 7) is 8.70. The molecule has 1 aliphatic rings. The maximum atomic E-state index is 13.3. The molecular weight excluding hydrogens is 401 g/mol. The van der Waals surface area contributed by atoms with E-state index in [9.17, 15) is 14.0 Å². The monoisotopic (exact) mass is 431 g/mol. The van der Waals surface area contributed by atoms with Crippen LogP contribution in [0.1, 0.15) is 48.9 Å². The Morgan fingerprint density at radius 1 is 1.10 bits per heavy atom. The number of aryl methyl sites for hydroxylation is 1. The van der Waals surface area contributed by atoms with E-state index in [1.165, 1.54) is 17.0 Å². The standard InChI is InChI=1S/C23H30FN3O2S/c1-16-5-12-20(30-16)14-26(13-17-6-8-18(24)9-7-17)21(28)15-27(19-10-11-19)22(29)25-23(2,3)4/h5-9,12,19H,10-11,13-15H2,1-4H3,(H,25,29). The van der Waals surface area contributed by atoms with E-state index >= 15 is 0 Å². The number of halogens is 1. The predicted octanol–water partition coefficient (Wildman–Crippen LogP) is 4.70. The Morgan fingerprint density at radius 2 is 1.77 bits per heavy atom. The van der Waals surface area contributed by atoms with Gasteiger partial charge in [-0.25, -0.2) is 9.18 Å². The number of rotatable bonds is 7. The highest BCUT2D eigenvalue weighted by Crippen LogP contribution is 2.27. The van der Waals surface area contributed by atoms with E-state index in [2.05, 4.69) is 5.32 Å². The minimum Gasteiger partial charge on any atom is -0.333 e. The maximum absolute atomic E-state index is 13.3. The molecule has 0 aliphatic heterocycles. The first-order valence-electron chi connectivity index (χ1n) is 10.3. The largest absolute Gasteiger partial charge is 0.333 e. The zero-order valence-electron chi connectivity index (χ0n) is 18.1. The Bertz CT molecular complexity index is 885. The van der Waals surface area contributed by atoms with Gasteiger partial charge in [-0.1, -0.05) is 12.1 Å². The van der Waals surface area contributed by atoms with Gasteiger partial charge < -0.3 is 15.1 Å². The highest BCUT2D eigenvalue weighted by Gasteiger charge is 2.36. The van der Waals surface area contributed by atoms with Crippen LogP contribution in [0, 0.1) is 12.7 Å². The van der Waals surface area contributed by atoms with E-state index in [4.69, 9.17) is 0 Å². The third-order valence-corrected chi connectivity index (χ3v) is 5.80. The van der Waals surface area contributed by atoms with Crippen molar-refractivity contribution in [2.45, 2.75) is 65.2 Å². The highest BCUT2D eigenvalue weighted by atomic mass is 32.1. The summed E-state index contributed by atoms with van der Waals surface area (Å²) in [4.78, 5) is 31.7. The zero-order chi connectivity index (χ0) is 21.9. The summed E-state index contributed by atoms with van der Waals surface area (Å²) < 4.78 is 13.3. The fraction of sp³-hybridized carbons (Fsp3) is 0.478. The number of thiophene rings is 1. The number of hydrogen-bond donors (Lipinski definition) is 1. The molecule has 1 fully saturated rings. The lowest BCUT2D eigenvalue weighted by Crippen LogP contribution is -2.52. The van der Waals surface area contributed by atoms with Crippen molar-refractivity contribution >= 4 is 23.3 Å². The van der Waals surface area contributed by atoms with Gasteiger partial charge in [0.2, 0.25) is 5.91 Å². The van der Waals surface area contributed by atoms with Gasteiger partial charge in [0, 0.05) is 27.9 Å².